The van der Waals surface area contributed by atoms with Crippen molar-refractivity contribution in [3.05, 3.63) is 35.7 Å². The Balaban J connectivity index is 1.62. The molecule has 0 aromatic carbocycles. The van der Waals surface area contributed by atoms with E-state index in [4.69, 9.17) is 0 Å². The van der Waals surface area contributed by atoms with E-state index in [1.807, 2.05) is 13.0 Å². The molecular weight excluding hydrogens is 252 g/mol. The number of likely N-dealkylation sites (tertiary alicyclic amines) is 1. The second-order valence-electron chi connectivity index (χ2n) is 6.02. The highest BCUT2D eigenvalue weighted by Gasteiger charge is 2.48. The number of hydrogen-bond donors (Lipinski definition) is 1. The van der Waals surface area contributed by atoms with Crippen molar-refractivity contribution in [2.75, 3.05) is 13.1 Å². The fourth-order valence-electron chi connectivity index (χ4n) is 2.90. The van der Waals surface area contributed by atoms with E-state index in [1.54, 1.807) is 29.4 Å². The van der Waals surface area contributed by atoms with Crippen LogP contribution in [-0.4, -0.2) is 39.6 Å². The molecule has 1 aromatic heterocycles. The second-order valence-corrected chi connectivity index (χ2v) is 6.02. The van der Waals surface area contributed by atoms with Gasteiger partial charge in [-0.25, -0.2) is 0 Å². The Bertz CT molecular complexity index is 551. The molecule has 0 spiro atoms. The first-order chi connectivity index (χ1) is 9.57. The molecule has 1 aromatic rings. The minimum absolute atomic E-state index is 0.0249. The molecule has 20 heavy (non-hydrogen) atoms. The molecule has 1 atom stereocenters. The Hall–Kier alpha value is -1.68. The van der Waals surface area contributed by atoms with E-state index in [1.165, 1.54) is 0 Å². The number of amides is 1. The first kappa shape index (κ1) is 13.3. The number of aromatic nitrogens is 1. The molecular formula is C16H20N2O2. The second kappa shape index (κ2) is 5.02. The maximum Gasteiger partial charge on any atom is 0.246 e. The van der Waals surface area contributed by atoms with E-state index in [0.29, 0.717) is 25.4 Å². The molecule has 1 aliphatic heterocycles. The molecule has 106 valence electrons. The molecule has 4 heteroatoms. The van der Waals surface area contributed by atoms with Gasteiger partial charge in [0.05, 0.1) is 12.1 Å². The summed E-state index contributed by atoms with van der Waals surface area (Å²) in [5.41, 5.74) is 1.37. The number of aliphatic hydroxyl groups is 1. The van der Waals surface area contributed by atoms with Crippen LogP contribution in [0.15, 0.2) is 24.5 Å². The minimum atomic E-state index is -0.631. The Morgan fingerprint density at radius 1 is 1.50 bits per heavy atom. The van der Waals surface area contributed by atoms with Gasteiger partial charge in [-0.3, -0.25) is 9.78 Å². The highest BCUT2D eigenvalue weighted by molar-refractivity contribution is 5.92. The van der Waals surface area contributed by atoms with Gasteiger partial charge in [0, 0.05) is 25.0 Å². The van der Waals surface area contributed by atoms with Crippen molar-refractivity contribution in [1.29, 1.82) is 0 Å². The maximum atomic E-state index is 12.1. The van der Waals surface area contributed by atoms with E-state index < -0.39 is 5.60 Å². The van der Waals surface area contributed by atoms with Gasteiger partial charge in [0.25, 0.3) is 0 Å². The lowest BCUT2D eigenvalue weighted by molar-refractivity contribution is -0.126. The molecule has 3 rings (SSSR count). The van der Waals surface area contributed by atoms with Crippen molar-refractivity contribution in [3.8, 4) is 0 Å². The minimum Gasteiger partial charge on any atom is -0.388 e. The van der Waals surface area contributed by atoms with Crippen molar-refractivity contribution in [2.24, 2.45) is 5.92 Å². The van der Waals surface area contributed by atoms with E-state index in [-0.39, 0.29) is 5.91 Å². The molecule has 4 nitrogen and oxygen atoms in total. The van der Waals surface area contributed by atoms with Gasteiger partial charge in [-0.1, -0.05) is 0 Å². The summed E-state index contributed by atoms with van der Waals surface area (Å²) in [6.07, 6.45) is 9.80. The molecule has 1 saturated carbocycles. The summed E-state index contributed by atoms with van der Waals surface area (Å²) in [6.45, 7) is 3.11. The van der Waals surface area contributed by atoms with Gasteiger partial charge in [0.15, 0.2) is 0 Å². The van der Waals surface area contributed by atoms with Crippen LogP contribution in [0.3, 0.4) is 0 Å². The summed E-state index contributed by atoms with van der Waals surface area (Å²) >= 11 is 0. The summed E-state index contributed by atoms with van der Waals surface area (Å²) in [5, 5.41) is 10.4. The molecule has 1 saturated heterocycles. The Kier molecular flexibility index (Phi) is 3.34. The molecule has 1 N–H and O–H groups in total. The van der Waals surface area contributed by atoms with Crippen LogP contribution in [-0.2, 0) is 4.79 Å². The molecule has 2 aliphatic rings. The van der Waals surface area contributed by atoms with E-state index in [2.05, 4.69) is 4.98 Å². The molecule has 2 fully saturated rings. The summed E-state index contributed by atoms with van der Waals surface area (Å²) in [4.78, 5) is 18.0. The van der Waals surface area contributed by atoms with Gasteiger partial charge in [-0.05, 0) is 55.4 Å². The predicted molar refractivity (Wildman–Crippen MR) is 76.9 cm³/mol. The number of pyridine rings is 1. The van der Waals surface area contributed by atoms with Crippen molar-refractivity contribution in [2.45, 2.75) is 31.8 Å². The monoisotopic (exact) mass is 272 g/mol. The van der Waals surface area contributed by atoms with Crippen LogP contribution in [0.2, 0.25) is 0 Å². The number of rotatable bonds is 3. The van der Waals surface area contributed by atoms with Gasteiger partial charge in [-0.15, -0.1) is 0 Å². The Morgan fingerprint density at radius 3 is 3.00 bits per heavy atom. The van der Waals surface area contributed by atoms with Crippen molar-refractivity contribution < 1.29 is 9.90 Å². The summed E-state index contributed by atoms with van der Waals surface area (Å²) in [5.74, 6) is 0.383. The summed E-state index contributed by atoms with van der Waals surface area (Å²) in [6, 6.07) is 1.99. The topological polar surface area (TPSA) is 53.4 Å². The zero-order valence-electron chi connectivity index (χ0n) is 11.7. The average Bonchev–Trinajstić information content (AvgIpc) is 3.21. The van der Waals surface area contributed by atoms with Crippen molar-refractivity contribution >= 4 is 12.0 Å². The van der Waals surface area contributed by atoms with Crippen LogP contribution in [0.5, 0.6) is 0 Å². The third-order valence-corrected chi connectivity index (χ3v) is 4.24. The number of β-amino-alcohol motifs (C(OH)–C–C–N with tert-alkyl or cyclic N) is 1. The van der Waals surface area contributed by atoms with E-state index >= 15 is 0 Å². The third kappa shape index (κ3) is 2.75. The summed E-state index contributed by atoms with van der Waals surface area (Å²) in [7, 11) is 0. The lowest BCUT2D eigenvalue weighted by Gasteiger charge is -2.22. The molecule has 0 radical (unpaired) electrons. The van der Waals surface area contributed by atoms with Crippen LogP contribution < -0.4 is 0 Å². The predicted octanol–water partition coefficient (Wildman–Crippen LogP) is 1.78. The van der Waals surface area contributed by atoms with Crippen molar-refractivity contribution in [1.82, 2.24) is 9.88 Å². The zero-order chi connectivity index (χ0) is 14.2. The van der Waals surface area contributed by atoms with Gasteiger partial charge in [0.2, 0.25) is 5.91 Å². The van der Waals surface area contributed by atoms with Crippen molar-refractivity contribution in [3.63, 3.8) is 0 Å². The SMILES string of the molecule is Cc1cncc(/C=C/C(=O)N2CCC(O)(C3CC3)C2)c1. The van der Waals surface area contributed by atoms with Crippen LogP contribution >= 0.6 is 0 Å². The van der Waals surface area contributed by atoms with Gasteiger partial charge in [-0.2, -0.15) is 0 Å². The third-order valence-electron chi connectivity index (χ3n) is 4.24. The molecule has 2 heterocycles. The lowest BCUT2D eigenvalue weighted by Crippen LogP contribution is -2.37. The quantitative estimate of drug-likeness (QED) is 0.853. The van der Waals surface area contributed by atoms with E-state index in [9.17, 15) is 9.90 Å². The highest BCUT2D eigenvalue weighted by atomic mass is 16.3. The fraction of sp³-hybridized carbons (Fsp3) is 0.500. The van der Waals surface area contributed by atoms with Gasteiger partial charge >= 0.3 is 0 Å². The highest BCUT2D eigenvalue weighted by Crippen LogP contribution is 2.44. The number of carbonyl (C=O) groups excluding carboxylic acids is 1. The number of nitrogens with zero attached hydrogens (tertiary/aromatic N) is 2. The zero-order valence-corrected chi connectivity index (χ0v) is 11.7. The fourth-order valence-corrected chi connectivity index (χ4v) is 2.90. The molecule has 1 amide bonds. The van der Waals surface area contributed by atoms with Gasteiger partial charge in [0.1, 0.15) is 0 Å². The normalized spacial score (nSPS) is 26.4. The van der Waals surface area contributed by atoms with Crippen LogP contribution in [0.25, 0.3) is 6.08 Å². The largest absolute Gasteiger partial charge is 0.388 e. The Labute approximate surface area is 119 Å². The smallest absolute Gasteiger partial charge is 0.246 e. The van der Waals surface area contributed by atoms with Crippen LogP contribution in [0.4, 0.5) is 0 Å². The average molecular weight is 272 g/mol. The first-order valence-electron chi connectivity index (χ1n) is 7.18. The number of carbonyl (C=O) groups is 1. The maximum absolute atomic E-state index is 12.1. The number of aryl methyl sites for hydroxylation is 1. The molecule has 1 unspecified atom stereocenters. The van der Waals surface area contributed by atoms with Crippen LogP contribution in [0.1, 0.15) is 30.4 Å². The van der Waals surface area contributed by atoms with Crippen LogP contribution in [0, 0.1) is 12.8 Å². The lowest BCUT2D eigenvalue weighted by atomic mass is 9.97. The Morgan fingerprint density at radius 2 is 2.30 bits per heavy atom. The standard InChI is InChI=1S/C16H20N2O2/c1-12-8-13(10-17-9-12)2-5-15(19)18-7-6-16(20,11-18)14-3-4-14/h2,5,8-10,14,20H,3-4,6-7,11H2,1H3/b5-2+. The summed E-state index contributed by atoms with van der Waals surface area (Å²) < 4.78 is 0. The molecule has 0 bridgehead atoms. The number of hydrogen-bond acceptors (Lipinski definition) is 3. The van der Waals surface area contributed by atoms with Gasteiger partial charge < -0.3 is 10.0 Å². The first-order valence-corrected chi connectivity index (χ1v) is 7.18. The van der Waals surface area contributed by atoms with E-state index in [0.717, 1.165) is 24.0 Å². The molecule has 1 aliphatic carbocycles.